The third kappa shape index (κ3) is 7.13. The minimum atomic E-state index is -2.95. The van der Waals surface area contributed by atoms with Gasteiger partial charge in [0.15, 0.2) is 0 Å². The van der Waals surface area contributed by atoms with E-state index >= 15 is 0 Å². The van der Waals surface area contributed by atoms with Gasteiger partial charge in [-0.2, -0.15) is 0 Å². The molecule has 0 aliphatic heterocycles. The van der Waals surface area contributed by atoms with E-state index in [9.17, 15) is 13.2 Å². The number of rotatable bonds is 8. The lowest BCUT2D eigenvalue weighted by molar-refractivity contribution is -0.116. The standard InChI is InChI=1S/C13H17BrO3S2/c1-2-19(16,17)8-4-6-12(15)10-18-13-7-3-5-11(14)9-13/h3,5,7,9H,2,4,6,8,10H2,1H3. The molecule has 0 radical (unpaired) electrons. The molecule has 0 bridgehead atoms. The number of hydrogen-bond acceptors (Lipinski definition) is 4. The number of ketones is 1. The van der Waals surface area contributed by atoms with Crippen LogP contribution in [-0.4, -0.2) is 31.5 Å². The number of benzene rings is 1. The first-order valence-corrected chi connectivity index (χ1v) is 9.63. The maximum absolute atomic E-state index is 11.6. The number of sulfone groups is 1. The predicted octanol–water partition coefficient (Wildman–Crippen LogP) is 3.33. The zero-order chi connectivity index (χ0) is 14.3. The van der Waals surface area contributed by atoms with Gasteiger partial charge in [0.05, 0.1) is 11.5 Å². The first-order valence-electron chi connectivity index (χ1n) is 6.03. The molecule has 0 atom stereocenters. The highest BCUT2D eigenvalue weighted by molar-refractivity contribution is 9.10. The number of hydrogen-bond donors (Lipinski definition) is 0. The second-order valence-corrected chi connectivity index (χ2v) is 8.56. The van der Waals surface area contributed by atoms with Gasteiger partial charge in [0.25, 0.3) is 0 Å². The van der Waals surface area contributed by atoms with Gasteiger partial charge in [-0.15, -0.1) is 11.8 Å². The summed E-state index contributed by atoms with van der Waals surface area (Å²) in [7, 11) is -2.95. The highest BCUT2D eigenvalue weighted by Gasteiger charge is 2.09. The summed E-state index contributed by atoms with van der Waals surface area (Å²) in [5.41, 5.74) is 0. The zero-order valence-corrected chi connectivity index (χ0v) is 14.0. The van der Waals surface area contributed by atoms with Crippen LogP contribution in [0.15, 0.2) is 33.6 Å². The Kier molecular flexibility index (Phi) is 7.10. The van der Waals surface area contributed by atoms with E-state index in [1.807, 2.05) is 24.3 Å². The van der Waals surface area contributed by atoms with Crippen LogP contribution in [0.2, 0.25) is 0 Å². The van der Waals surface area contributed by atoms with Crippen molar-refractivity contribution >= 4 is 43.3 Å². The quantitative estimate of drug-likeness (QED) is 0.663. The van der Waals surface area contributed by atoms with Crippen LogP contribution in [0.25, 0.3) is 0 Å². The summed E-state index contributed by atoms with van der Waals surface area (Å²) in [6, 6.07) is 7.76. The largest absolute Gasteiger partial charge is 0.299 e. The average molecular weight is 365 g/mol. The molecule has 3 nitrogen and oxygen atoms in total. The van der Waals surface area contributed by atoms with Gasteiger partial charge in [-0.25, -0.2) is 8.42 Å². The van der Waals surface area contributed by atoms with Gasteiger partial charge in [-0.3, -0.25) is 4.79 Å². The molecule has 6 heteroatoms. The van der Waals surface area contributed by atoms with Gasteiger partial charge in [-0.05, 0) is 24.6 Å². The summed E-state index contributed by atoms with van der Waals surface area (Å²) in [4.78, 5) is 12.7. The number of Topliss-reactive ketones (excluding diaryl/α,β-unsaturated/α-hetero) is 1. The third-order valence-corrected chi connectivity index (χ3v) is 5.88. The van der Waals surface area contributed by atoms with Crippen molar-refractivity contribution in [2.24, 2.45) is 0 Å². The van der Waals surface area contributed by atoms with E-state index in [4.69, 9.17) is 0 Å². The average Bonchev–Trinajstić information content (AvgIpc) is 2.36. The molecule has 106 valence electrons. The lowest BCUT2D eigenvalue weighted by atomic mass is 10.2. The monoisotopic (exact) mass is 364 g/mol. The van der Waals surface area contributed by atoms with Crippen molar-refractivity contribution in [3.8, 4) is 0 Å². The fourth-order valence-corrected chi connectivity index (χ4v) is 3.71. The van der Waals surface area contributed by atoms with Crippen molar-refractivity contribution in [2.45, 2.75) is 24.7 Å². The molecular formula is C13H17BrO3S2. The Balaban J connectivity index is 2.29. The molecule has 0 aromatic heterocycles. The number of thioether (sulfide) groups is 1. The van der Waals surface area contributed by atoms with Gasteiger partial charge < -0.3 is 0 Å². The van der Waals surface area contributed by atoms with Crippen LogP contribution in [0.4, 0.5) is 0 Å². The maximum Gasteiger partial charge on any atom is 0.150 e. The van der Waals surface area contributed by atoms with Crippen molar-refractivity contribution in [1.82, 2.24) is 0 Å². The molecule has 1 aromatic carbocycles. The first kappa shape index (κ1) is 16.7. The molecule has 1 rings (SSSR count). The number of halogens is 1. The van der Waals surface area contributed by atoms with E-state index in [2.05, 4.69) is 15.9 Å². The van der Waals surface area contributed by atoms with E-state index in [0.29, 0.717) is 18.6 Å². The molecule has 0 saturated heterocycles. The molecule has 0 amide bonds. The van der Waals surface area contributed by atoms with Crippen LogP contribution in [0.3, 0.4) is 0 Å². The summed E-state index contributed by atoms with van der Waals surface area (Å²) < 4.78 is 23.5. The van der Waals surface area contributed by atoms with Crippen molar-refractivity contribution in [2.75, 3.05) is 17.3 Å². The van der Waals surface area contributed by atoms with Gasteiger partial charge in [0, 0.05) is 21.5 Å². The van der Waals surface area contributed by atoms with Crippen molar-refractivity contribution < 1.29 is 13.2 Å². The highest BCUT2D eigenvalue weighted by atomic mass is 79.9. The molecular weight excluding hydrogens is 348 g/mol. The topological polar surface area (TPSA) is 51.2 Å². The van der Waals surface area contributed by atoms with Crippen LogP contribution >= 0.6 is 27.7 Å². The van der Waals surface area contributed by atoms with Crippen LogP contribution in [0.5, 0.6) is 0 Å². The van der Waals surface area contributed by atoms with E-state index in [0.717, 1.165) is 9.37 Å². The smallest absolute Gasteiger partial charge is 0.150 e. The van der Waals surface area contributed by atoms with Gasteiger partial charge in [-0.1, -0.05) is 28.9 Å². The first-order chi connectivity index (χ1) is 8.93. The molecule has 0 unspecified atom stereocenters. The maximum atomic E-state index is 11.6. The molecule has 0 fully saturated rings. The van der Waals surface area contributed by atoms with E-state index in [1.165, 1.54) is 11.8 Å². The lowest BCUT2D eigenvalue weighted by Gasteiger charge is -2.03. The van der Waals surface area contributed by atoms with Crippen LogP contribution < -0.4 is 0 Å². The Labute approximate surface area is 127 Å². The van der Waals surface area contributed by atoms with Crippen molar-refractivity contribution in [3.05, 3.63) is 28.7 Å². The minimum absolute atomic E-state index is 0.0938. The molecule has 0 aliphatic carbocycles. The second kappa shape index (κ2) is 8.07. The molecule has 0 N–H and O–H groups in total. The molecule has 19 heavy (non-hydrogen) atoms. The Morgan fingerprint density at radius 2 is 2.11 bits per heavy atom. The summed E-state index contributed by atoms with van der Waals surface area (Å²) in [5, 5.41) is 0. The summed E-state index contributed by atoms with van der Waals surface area (Å²) in [6.45, 7) is 1.63. The number of carbonyl (C=O) groups is 1. The Bertz CT molecular complexity index is 526. The molecule has 0 saturated carbocycles. The normalized spacial score (nSPS) is 11.5. The fraction of sp³-hybridized carbons (Fsp3) is 0.462. The Morgan fingerprint density at radius 3 is 2.74 bits per heavy atom. The SMILES string of the molecule is CCS(=O)(=O)CCCC(=O)CSc1cccc(Br)c1. The second-order valence-electron chi connectivity index (χ2n) is 4.12. The summed E-state index contributed by atoms with van der Waals surface area (Å²) in [6.07, 6.45) is 0.758. The van der Waals surface area contributed by atoms with Crippen molar-refractivity contribution in [1.29, 1.82) is 0 Å². The van der Waals surface area contributed by atoms with Gasteiger partial charge in [0.2, 0.25) is 0 Å². The fourth-order valence-electron chi connectivity index (χ4n) is 1.43. The van der Waals surface area contributed by atoms with Gasteiger partial charge >= 0.3 is 0 Å². The van der Waals surface area contributed by atoms with Crippen LogP contribution in [-0.2, 0) is 14.6 Å². The van der Waals surface area contributed by atoms with Gasteiger partial charge in [0.1, 0.15) is 15.6 Å². The third-order valence-electron chi connectivity index (χ3n) is 2.55. The zero-order valence-electron chi connectivity index (χ0n) is 10.8. The molecule has 1 aromatic rings. The van der Waals surface area contributed by atoms with E-state index in [-0.39, 0.29) is 17.3 Å². The minimum Gasteiger partial charge on any atom is -0.299 e. The summed E-state index contributed by atoms with van der Waals surface area (Å²) in [5.74, 6) is 0.740. The summed E-state index contributed by atoms with van der Waals surface area (Å²) >= 11 is 4.85. The highest BCUT2D eigenvalue weighted by Crippen LogP contribution is 2.22. The van der Waals surface area contributed by atoms with E-state index < -0.39 is 9.84 Å². The van der Waals surface area contributed by atoms with Crippen LogP contribution in [0, 0.1) is 0 Å². The van der Waals surface area contributed by atoms with Crippen LogP contribution in [0.1, 0.15) is 19.8 Å². The number of carbonyl (C=O) groups excluding carboxylic acids is 1. The molecule has 0 aliphatic rings. The molecule has 0 heterocycles. The Hall–Kier alpha value is -0.330. The Morgan fingerprint density at radius 1 is 1.37 bits per heavy atom. The predicted molar refractivity (Wildman–Crippen MR) is 83.4 cm³/mol. The van der Waals surface area contributed by atoms with Crippen molar-refractivity contribution in [3.63, 3.8) is 0 Å². The molecule has 0 spiro atoms. The van der Waals surface area contributed by atoms with E-state index in [1.54, 1.807) is 6.92 Å². The lowest BCUT2D eigenvalue weighted by Crippen LogP contribution is -2.11.